The van der Waals surface area contributed by atoms with Crippen LogP contribution in [0.2, 0.25) is 0 Å². The van der Waals surface area contributed by atoms with Crippen molar-refractivity contribution >= 4 is 62.3 Å². The van der Waals surface area contributed by atoms with E-state index in [0.717, 1.165) is 113 Å². The summed E-state index contributed by atoms with van der Waals surface area (Å²) in [5, 5.41) is 33.4. The Labute approximate surface area is 403 Å². The van der Waals surface area contributed by atoms with Crippen LogP contribution < -0.4 is 0 Å². The zero-order valence-corrected chi connectivity index (χ0v) is 38.5. The number of nitrogens with zero attached hydrogens (tertiary/aromatic N) is 2. The number of carbonyl (C=O) groups excluding carboxylic acids is 1. The van der Waals surface area contributed by atoms with E-state index in [2.05, 4.69) is 165 Å². The van der Waals surface area contributed by atoms with Crippen molar-refractivity contribution in [3.63, 3.8) is 0 Å². The van der Waals surface area contributed by atoms with E-state index in [4.69, 9.17) is 14.8 Å². The van der Waals surface area contributed by atoms with Crippen LogP contribution in [0, 0.1) is 0 Å². The summed E-state index contributed by atoms with van der Waals surface area (Å²) < 4.78 is 0. The number of benzene rings is 10. The van der Waals surface area contributed by atoms with Gasteiger partial charge in [0.1, 0.15) is 11.5 Å². The molecule has 1 aliphatic carbocycles. The molecule has 10 aromatic rings. The molecular formula is C61H47N2O3Ru. The summed E-state index contributed by atoms with van der Waals surface area (Å²) in [6.07, 6.45) is 7.60. The van der Waals surface area contributed by atoms with Crippen LogP contribution in [-0.2, 0) is 24.3 Å². The van der Waals surface area contributed by atoms with Gasteiger partial charge in [-0.1, -0.05) is 195 Å². The molecule has 327 valence electrons. The summed E-state index contributed by atoms with van der Waals surface area (Å²) in [5.41, 5.74) is 9.27. The molecule has 0 heterocycles. The zero-order valence-electron chi connectivity index (χ0n) is 36.7. The minimum Gasteiger partial charge on any atom is -0.545 e. The van der Waals surface area contributed by atoms with Crippen molar-refractivity contribution in [2.45, 2.75) is 37.8 Å². The summed E-state index contributed by atoms with van der Waals surface area (Å²) in [7, 11) is 0. The average molecular weight is 957 g/mol. The predicted molar refractivity (Wildman–Crippen MR) is 276 cm³/mol. The molecule has 0 bridgehead atoms. The molecular weight excluding hydrogens is 910 g/mol. The molecule has 0 aromatic heterocycles. The van der Waals surface area contributed by atoms with Crippen LogP contribution >= 0.6 is 0 Å². The summed E-state index contributed by atoms with van der Waals surface area (Å²) in [6, 6.07) is 66.9. The summed E-state index contributed by atoms with van der Waals surface area (Å²) in [5.74, 6) is 0.424. The maximum Gasteiger partial charge on any atom is 1.00 e. The number of phenols is 2. The van der Waals surface area contributed by atoms with E-state index in [1.54, 1.807) is 0 Å². The smallest absolute Gasteiger partial charge is 0.545 e. The van der Waals surface area contributed by atoms with Crippen LogP contribution in [0.1, 0.15) is 36.8 Å². The minimum atomic E-state index is -0.0958. The first-order chi connectivity index (χ1) is 32.6. The third-order valence-corrected chi connectivity index (χ3v) is 13.1. The van der Waals surface area contributed by atoms with Crippen LogP contribution in [0.25, 0.3) is 87.6 Å². The van der Waals surface area contributed by atoms with Crippen molar-refractivity contribution in [3.05, 3.63) is 205 Å². The Balaban J connectivity index is 0.00000185. The molecule has 0 aliphatic heterocycles. The third-order valence-electron chi connectivity index (χ3n) is 13.1. The average Bonchev–Trinajstić information content (AvgIpc) is 3.38. The Bertz CT molecular complexity index is 3230. The van der Waals surface area contributed by atoms with Crippen LogP contribution in [0.3, 0.4) is 0 Å². The van der Waals surface area contributed by atoms with Crippen LogP contribution in [-0.4, -0.2) is 41.5 Å². The molecule has 1 fully saturated rings. The second kappa shape index (κ2) is 19.9. The Morgan fingerprint density at radius 1 is 0.403 bits per heavy atom. The van der Waals surface area contributed by atoms with Gasteiger partial charge in [0.25, 0.3) is 0 Å². The van der Waals surface area contributed by atoms with Crippen molar-refractivity contribution < 1.29 is 34.5 Å². The Morgan fingerprint density at radius 3 is 1.12 bits per heavy atom. The van der Waals surface area contributed by atoms with Crippen molar-refractivity contribution in [2.75, 3.05) is 0 Å². The van der Waals surface area contributed by atoms with E-state index in [1.807, 2.05) is 48.8 Å². The van der Waals surface area contributed by atoms with E-state index in [0.29, 0.717) is 11.1 Å². The van der Waals surface area contributed by atoms with Gasteiger partial charge in [-0.15, -0.1) is 0 Å². The fourth-order valence-corrected chi connectivity index (χ4v) is 10.0. The maximum atomic E-state index is 12.5. The summed E-state index contributed by atoms with van der Waals surface area (Å²) >= 11 is 0. The maximum absolute atomic E-state index is 12.5. The first-order valence-electron chi connectivity index (χ1n) is 22.5. The number of hydrogen-bond donors (Lipinski definition) is 2. The molecule has 1 radical (unpaired) electrons. The van der Waals surface area contributed by atoms with Gasteiger partial charge in [0.15, 0.2) is 0 Å². The van der Waals surface area contributed by atoms with Gasteiger partial charge in [0.2, 0.25) is 0 Å². The Hall–Kier alpha value is -7.53. The SMILES string of the molecule is Oc1c(C=N[C@H]2CCCC[C@@H]2N=Cc2cc3ccccc3c(-c3c(-c4ccccc4)ccc4ccccc34)c2O)cc2ccccc2c1-c1c(-c2ccccc2)ccc2ccccc12.[CH-]=O.[Ru+]. The predicted octanol–water partition coefficient (Wildman–Crippen LogP) is 15.0. The molecule has 0 unspecified atom stereocenters. The van der Waals surface area contributed by atoms with Crippen molar-refractivity contribution in [2.24, 2.45) is 9.98 Å². The van der Waals surface area contributed by atoms with E-state index >= 15 is 0 Å². The van der Waals surface area contributed by atoms with Gasteiger partial charge in [0.05, 0.1) is 12.1 Å². The first kappa shape index (κ1) is 44.7. The summed E-state index contributed by atoms with van der Waals surface area (Å²) in [6.45, 7) is 3.25. The number of rotatable bonds is 8. The molecule has 11 rings (SSSR count). The molecule has 0 spiro atoms. The van der Waals surface area contributed by atoms with Crippen molar-refractivity contribution in [3.8, 4) is 56.0 Å². The normalized spacial score (nSPS) is 14.9. The monoisotopic (exact) mass is 957 g/mol. The Morgan fingerprint density at radius 2 is 0.731 bits per heavy atom. The fraction of sp³-hybridized carbons (Fsp3) is 0.0984. The molecule has 67 heavy (non-hydrogen) atoms. The number of aliphatic imine (C=N–C) groups is 2. The van der Waals surface area contributed by atoms with E-state index < -0.39 is 0 Å². The largest absolute Gasteiger partial charge is 1.00 e. The number of fused-ring (bicyclic) bond motifs is 4. The van der Waals surface area contributed by atoms with Gasteiger partial charge in [0, 0.05) is 45.8 Å². The van der Waals surface area contributed by atoms with Gasteiger partial charge in [-0.25, -0.2) is 0 Å². The third kappa shape index (κ3) is 8.57. The van der Waals surface area contributed by atoms with Crippen LogP contribution in [0.5, 0.6) is 11.5 Å². The standard InChI is InChI=1S/C60H46N2O2.CHO.Ru/c63-59-45(35-43-23-9-13-27-49(43)57(59)55-47-25-11-7-21-41(47)31-33-51(55)39-17-3-1-4-18-39)37-61-53-29-15-16-30-54(53)62-38-46-36-44-24-10-14-28-50(44)58(60(46)64)56-48-26-12-8-22-42(48)32-34-52(56)40-19-5-2-6-20-40;1-2;/h1-14,17-28,31-38,53-54,63-64H,15-16,29-30H2;1H;/q;-1;+1/t53-,54-;;/m0../s1. The van der Waals surface area contributed by atoms with Crippen molar-refractivity contribution in [1.29, 1.82) is 0 Å². The first-order valence-corrected chi connectivity index (χ1v) is 22.5. The molecule has 1 saturated carbocycles. The van der Waals surface area contributed by atoms with Gasteiger partial charge < -0.3 is 15.0 Å². The molecule has 0 saturated heterocycles. The zero-order chi connectivity index (χ0) is 45.0. The fourth-order valence-electron chi connectivity index (χ4n) is 10.0. The summed E-state index contributed by atoms with van der Waals surface area (Å²) in [4.78, 5) is 18.2. The molecule has 10 aromatic carbocycles. The minimum absolute atomic E-state index is 0. The molecule has 6 heteroatoms. The molecule has 1 aliphatic rings. The van der Waals surface area contributed by atoms with Gasteiger partial charge >= 0.3 is 19.5 Å². The van der Waals surface area contributed by atoms with Gasteiger partial charge in [-0.05, 0) is 90.3 Å². The molecule has 2 N–H and O–H groups in total. The topological polar surface area (TPSA) is 82.2 Å². The molecule has 5 nitrogen and oxygen atoms in total. The molecule has 2 atom stereocenters. The number of phenolic OH excluding ortho intramolecular Hbond substituents is 2. The van der Waals surface area contributed by atoms with Gasteiger partial charge in [-0.3, -0.25) is 16.8 Å². The Kier molecular flexibility index (Phi) is 13.3. The van der Waals surface area contributed by atoms with E-state index in [9.17, 15) is 10.2 Å². The van der Waals surface area contributed by atoms with Crippen LogP contribution in [0.4, 0.5) is 0 Å². The van der Waals surface area contributed by atoms with Crippen LogP contribution in [0.15, 0.2) is 204 Å². The number of hydrogen-bond acceptors (Lipinski definition) is 5. The quantitative estimate of drug-likeness (QED) is 0.0689. The van der Waals surface area contributed by atoms with Gasteiger partial charge in [-0.2, -0.15) is 0 Å². The number of aromatic hydroxyl groups is 2. The molecule has 0 amide bonds. The van der Waals surface area contributed by atoms with E-state index in [1.165, 1.54) is 0 Å². The second-order valence-corrected chi connectivity index (χ2v) is 16.9. The van der Waals surface area contributed by atoms with E-state index in [-0.39, 0.29) is 43.1 Å². The van der Waals surface area contributed by atoms with Crippen molar-refractivity contribution in [1.82, 2.24) is 0 Å². The second-order valence-electron chi connectivity index (χ2n) is 16.9.